The molecular formula is C27H19N6O4P3. The molecule has 0 spiro atoms. The molecule has 0 aliphatic carbocycles. The van der Waals surface area contributed by atoms with Crippen LogP contribution in [0.25, 0.3) is 0 Å². The number of benzene rings is 4. The van der Waals surface area contributed by atoms with E-state index in [1.54, 1.807) is 4.60 Å². The molecule has 0 bridgehead atoms. The van der Waals surface area contributed by atoms with Crippen LogP contribution in [0.1, 0.15) is 16.7 Å². The standard InChI is InChI=1S/C27H19N6O4P3/c28-18-21-16-17-27(26(20-30)25(21)19-29)35-32-38-31-39(36-23-12-6-2-7-13-23)33(34-22-10-4-1-5-11-22)40(32)37-24-14-8-3-9-15-24/h1-17,31,38H. The lowest BCUT2D eigenvalue weighted by molar-refractivity contribution is 0.0674. The first-order chi connectivity index (χ1) is 19.7. The van der Waals surface area contributed by atoms with E-state index in [1.807, 2.05) is 109 Å². The van der Waals surface area contributed by atoms with E-state index in [4.69, 9.17) is 18.7 Å². The summed E-state index contributed by atoms with van der Waals surface area (Å²) in [5.41, 5.74) is -0.0247. The number of rotatable bonds is 8. The van der Waals surface area contributed by atoms with E-state index >= 15 is 0 Å². The van der Waals surface area contributed by atoms with Crippen molar-refractivity contribution in [2.24, 2.45) is 0 Å². The molecule has 0 saturated carbocycles. The molecule has 0 amide bonds. The minimum atomic E-state index is -1.88. The van der Waals surface area contributed by atoms with Crippen LogP contribution in [0.4, 0.5) is 0 Å². The van der Waals surface area contributed by atoms with Crippen LogP contribution < -0.4 is 23.6 Å². The fourth-order valence-electron chi connectivity index (χ4n) is 3.38. The molecule has 1 aliphatic rings. The Labute approximate surface area is 235 Å². The maximum absolute atomic E-state index is 9.83. The van der Waals surface area contributed by atoms with Crippen LogP contribution in [0.5, 0.6) is 23.0 Å². The first-order valence-electron chi connectivity index (χ1n) is 11.7. The normalized spacial score (nSPS) is 17.6. The third kappa shape index (κ3) is 6.30. The number of nitrogens with zero attached hydrogens (tertiary/aromatic N) is 5. The molecule has 196 valence electrons. The largest absolute Gasteiger partial charge is 0.442 e. The maximum Gasteiger partial charge on any atom is 0.332 e. The molecule has 3 atom stereocenters. The molecule has 0 aromatic heterocycles. The van der Waals surface area contributed by atoms with Gasteiger partial charge >= 0.3 is 8.45 Å². The van der Waals surface area contributed by atoms with Gasteiger partial charge in [-0.05, 0) is 53.1 Å². The van der Waals surface area contributed by atoms with Gasteiger partial charge in [0.15, 0.2) is 5.75 Å². The highest BCUT2D eigenvalue weighted by molar-refractivity contribution is 7.74. The van der Waals surface area contributed by atoms with Crippen LogP contribution in [0, 0.1) is 34.0 Å². The quantitative estimate of drug-likeness (QED) is 0.218. The van der Waals surface area contributed by atoms with E-state index in [1.165, 1.54) is 16.7 Å². The Morgan fingerprint density at radius 3 is 1.77 bits per heavy atom. The highest BCUT2D eigenvalue weighted by Crippen LogP contribution is 2.65. The second-order valence-electron chi connectivity index (χ2n) is 7.78. The maximum atomic E-state index is 9.83. The van der Waals surface area contributed by atoms with Gasteiger partial charge in [-0.25, -0.2) is 4.86 Å². The summed E-state index contributed by atoms with van der Waals surface area (Å²) in [6.07, 6.45) is 0. The van der Waals surface area contributed by atoms with Crippen molar-refractivity contribution in [1.82, 2.24) is 14.1 Å². The van der Waals surface area contributed by atoms with Gasteiger partial charge in [0.05, 0.1) is 20.0 Å². The van der Waals surface area contributed by atoms with Gasteiger partial charge in [0.2, 0.25) is 0 Å². The van der Waals surface area contributed by atoms with Gasteiger partial charge in [0, 0.05) is 4.60 Å². The summed E-state index contributed by atoms with van der Waals surface area (Å²) in [6, 6.07) is 36.5. The van der Waals surface area contributed by atoms with Crippen LogP contribution in [0.2, 0.25) is 0 Å². The Kier molecular flexibility index (Phi) is 9.00. The summed E-state index contributed by atoms with van der Waals surface area (Å²) in [5.74, 6) is 1.84. The smallest absolute Gasteiger partial charge is 0.332 e. The molecule has 13 heteroatoms. The minimum absolute atomic E-state index is 0.0510. The van der Waals surface area contributed by atoms with Gasteiger partial charge in [0.1, 0.15) is 41.0 Å². The topological polar surface area (TPSA) is 127 Å². The van der Waals surface area contributed by atoms with Crippen molar-refractivity contribution in [3.63, 3.8) is 0 Å². The van der Waals surface area contributed by atoms with Gasteiger partial charge in [-0.2, -0.15) is 15.8 Å². The predicted molar refractivity (Wildman–Crippen MR) is 151 cm³/mol. The Hall–Kier alpha value is -4.28. The molecule has 1 aliphatic heterocycles. The summed E-state index contributed by atoms with van der Waals surface area (Å²) in [6.45, 7) is 0. The van der Waals surface area contributed by atoms with E-state index in [2.05, 4.69) is 4.86 Å². The fraction of sp³-hybridized carbons (Fsp3) is 0. The minimum Gasteiger partial charge on any atom is -0.442 e. The van der Waals surface area contributed by atoms with Crippen molar-refractivity contribution >= 4 is 25.8 Å². The molecule has 4 aromatic rings. The van der Waals surface area contributed by atoms with Gasteiger partial charge < -0.3 is 18.7 Å². The number of nitrogens with one attached hydrogen (secondary N) is 1. The lowest BCUT2D eigenvalue weighted by Gasteiger charge is -2.41. The number of hydrogen-bond donors (Lipinski definition) is 1. The van der Waals surface area contributed by atoms with E-state index in [0.717, 1.165) is 0 Å². The fourth-order valence-corrected chi connectivity index (χ4v) is 8.94. The molecule has 40 heavy (non-hydrogen) atoms. The average molecular weight is 584 g/mol. The predicted octanol–water partition coefficient (Wildman–Crippen LogP) is 6.92. The molecule has 5 rings (SSSR count). The zero-order valence-corrected chi connectivity index (χ0v) is 23.4. The number of hydrogen-bond acceptors (Lipinski definition) is 10. The molecule has 1 fully saturated rings. The van der Waals surface area contributed by atoms with Crippen molar-refractivity contribution < 1.29 is 18.7 Å². The summed E-state index contributed by atoms with van der Waals surface area (Å²) in [4.78, 5) is 15.9. The van der Waals surface area contributed by atoms with Crippen LogP contribution >= 0.6 is 25.8 Å². The first kappa shape index (κ1) is 27.3. The highest BCUT2D eigenvalue weighted by Gasteiger charge is 2.46. The van der Waals surface area contributed by atoms with E-state index in [0.29, 0.717) is 17.2 Å². The molecular weight excluding hydrogens is 565 g/mol. The monoisotopic (exact) mass is 584 g/mol. The lowest BCUT2D eigenvalue weighted by atomic mass is 10.0. The van der Waals surface area contributed by atoms with Crippen molar-refractivity contribution in [3.8, 4) is 41.2 Å². The molecule has 1 saturated heterocycles. The molecule has 1 N–H and O–H groups in total. The molecule has 10 nitrogen and oxygen atoms in total. The highest BCUT2D eigenvalue weighted by atomic mass is 31.3. The number of nitriles is 3. The third-order valence-electron chi connectivity index (χ3n) is 5.19. The van der Waals surface area contributed by atoms with Crippen molar-refractivity contribution in [2.45, 2.75) is 0 Å². The van der Waals surface area contributed by atoms with E-state index < -0.39 is 16.9 Å². The average Bonchev–Trinajstić information content (AvgIpc) is 3.01. The van der Waals surface area contributed by atoms with Crippen LogP contribution in [-0.4, -0.2) is 9.21 Å². The van der Waals surface area contributed by atoms with Crippen LogP contribution in [0.15, 0.2) is 103 Å². The van der Waals surface area contributed by atoms with Crippen molar-refractivity contribution in [2.75, 3.05) is 0 Å². The third-order valence-corrected chi connectivity index (χ3v) is 10.3. The summed E-state index contributed by atoms with van der Waals surface area (Å²) in [5, 5.41) is 28.8. The van der Waals surface area contributed by atoms with Crippen molar-refractivity contribution in [1.29, 1.82) is 15.8 Å². The van der Waals surface area contributed by atoms with Crippen molar-refractivity contribution in [3.05, 3.63) is 120 Å². The van der Waals surface area contributed by atoms with Gasteiger partial charge in [0.25, 0.3) is 8.45 Å². The van der Waals surface area contributed by atoms with Crippen LogP contribution in [-0.2, 0) is 0 Å². The Balaban J connectivity index is 1.54. The Morgan fingerprint density at radius 2 is 1.20 bits per heavy atom. The molecule has 0 radical (unpaired) electrons. The van der Waals surface area contributed by atoms with Gasteiger partial charge in [-0.3, -0.25) is 0 Å². The lowest BCUT2D eigenvalue weighted by Crippen LogP contribution is -2.37. The number of para-hydroxylation sites is 3. The van der Waals surface area contributed by atoms with Gasteiger partial charge in [-0.15, -0.1) is 0 Å². The second kappa shape index (κ2) is 13.2. The Bertz CT molecular complexity index is 1580. The van der Waals surface area contributed by atoms with E-state index in [9.17, 15) is 15.8 Å². The molecule has 3 unspecified atom stereocenters. The van der Waals surface area contributed by atoms with E-state index in [-0.39, 0.29) is 31.3 Å². The Morgan fingerprint density at radius 1 is 0.625 bits per heavy atom. The summed E-state index contributed by atoms with van der Waals surface area (Å²) >= 11 is 0. The second-order valence-corrected chi connectivity index (χ2v) is 12.5. The zero-order chi connectivity index (χ0) is 27.7. The zero-order valence-electron chi connectivity index (χ0n) is 20.6. The first-order valence-corrected chi connectivity index (χ1v) is 15.0. The molecule has 4 aromatic carbocycles. The van der Waals surface area contributed by atoms with Gasteiger partial charge in [-0.1, -0.05) is 54.6 Å². The molecule has 1 heterocycles. The summed E-state index contributed by atoms with van der Waals surface area (Å²) < 4.78 is 15.8. The SMILES string of the molecule is N#Cc1ccc(ON2PNP(Oc3ccccc3)N(Oc3ccccc3)P2Oc2ccccc2)c(C#N)c1C#N. The summed E-state index contributed by atoms with van der Waals surface area (Å²) in [7, 11) is -3.68. The van der Waals surface area contributed by atoms with Crippen LogP contribution in [0.3, 0.4) is 0 Å².